The van der Waals surface area contributed by atoms with Crippen molar-refractivity contribution in [1.29, 1.82) is 5.26 Å². The molecule has 0 bridgehead atoms. The summed E-state index contributed by atoms with van der Waals surface area (Å²) in [6.45, 7) is 0.294. The van der Waals surface area contributed by atoms with E-state index in [1.807, 2.05) is 0 Å². The van der Waals surface area contributed by atoms with Crippen molar-refractivity contribution in [3.8, 4) is 11.8 Å². The van der Waals surface area contributed by atoms with Crippen molar-refractivity contribution in [1.82, 2.24) is 25.3 Å². The molecule has 0 radical (unpaired) electrons. The van der Waals surface area contributed by atoms with Crippen LogP contribution in [0.5, 0.6) is 0 Å². The molecular formula is C22H18FN7O2. The summed E-state index contributed by atoms with van der Waals surface area (Å²) in [5.74, 6) is -0.642. The molecule has 160 valence electrons. The number of aromatic amines is 1. The zero-order valence-electron chi connectivity index (χ0n) is 16.8. The first kappa shape index (κ1) is 20.7. The normalized spacial score (nSPS) is 10.8. The van der Waals surface area contributed by atoms with Crippen LogP contribution in [0.15, 0.2) is 53.3 Å². The van der Waals surface area contributed by atoms with Crippen molar-refractivity contribution < 1.29 is 9.18 Å². The van der Waals surface area contributed by atoms with Crippen LogP contribution in [0.2, 0.25) is 0 Å². The summed E-state index contributed by atoms with van der Waals surface area (Å²) in [5, 5.41) is 23.7. The number of carbonyl (C=O) groups excluding carboxylic acids is 1. The minimum absolute atomic E-state index is 0.128. The van der Waals surface area contributed by atoms with E-state index >= 15 is 0 Å². The largest absolute Gasteiger partial charge is 0.382 e. The number of fused-ring (bicyclic) bond motifs is 1. The number of carbonyl (C=O) groups is 1. The van der Waals surface area contributed by atoms with Gasteiger partial charge in [0, 0.05) is 11.9 Å². The second kappa shape index (κ2) is 8.69. The number of nitrogen functional groups attached to an aromatic ring is 1. The topological polar surface area (TPSA) is 142 Å². The molecule has 9 nitrogen and oxygen atoms in total. The Morgan fingerprint density at radius 2 is 1.91 bits per heavy atom. The van der Waals surface area contributed by atoms with Gasteiger partial charge >= 0.3 is 0 Å². The minimum Gasteiger partial charge on any atom is -0.382 e. The van der Waals surface area contributed by atoms with E-state index in [0.717, 1.165) is 0 Å². The van der Waals surface area contributed by atoms with E-state index in [-0.39, 0.29) is 28.5 Å². The first-order valence-electron chi connectivity index (χ1n) is 9.78. The number of nitriles is 1. The molecule has 10 heteroatoms. The molecule has 0 saturated heterocycles. The summed E-state index contributed by atoms with van der Waals surface area (Å²) >= 11 is 0. The monoisotopic (exact) mass is 431 g/mol. The molecule has 0 saturated carbocycles. The van der Waals surface area contributed by atoms with Crippen LogP contribution in [-0.2, 0) is 6.42 Å². The molecule has 0 spiro atoms. The number of aromatic nitrogens is 4. The fourth-order valence-corrected chi connectivity index (χ4v) is 3.38. The maximum Gasteiger partial charge on any atom is 0.272 e. The number of anilines is 1. The van der Waals surface area contributed by atoms with Gasteiger partial charge in [0.1, 0.15) is 23.3 Å². The van der Waals surface area contributed by atoms with E-state index in [4.69, 9.17) is 5.73 Å². The quantitative estimate of drug-likeness (QED) is 0.399. The number of hydrogen-bond donors (Lipinski definition) is 3. The van der Waals surface area contributed by atoms with E-state index in [2.05, 4.69) is 26.7 Å². The Labute approximate surface area is 181 Å². The molecule has 0 aliphatic carbocycles. The number of halogens is 1. The molecule has 2 aromatic carbocycles. The van der Waals surface area contributed by atoms with Gasteiger partial charge in [0.05, 0.1) is 16.8 Å². The molecule has 2 aromatic heterocycles. The highest BCUT2D eigenvalue weighted by molar-refractivity contribution is 6.04. The summed E-state index contributed by atoms with van der Waals surface area (Å²) in [6.07, 6.45) is 0.878. The molecule has 1 amide bonds. The number of nitrogens with two attached hydrogens (primary N) is 1. The molecule has 0 unspecified atom stereocenters. The Balaban J connectivity index is 1.44. The van der Waals surface area contributed by atoms with E-state index in [0.29, 0.717) is 41.5 Å². The van der Waals surface area contributed by atoms with Crippen LogP contribution in [-0.4, -0.2) is 32.4 Å². The summed E-state index contributed by atoms with van der Waals surface area (Å²) in [5.41, 5.74) is 7.08. The van der Waals surface area contributed by atoms with Gasteiger partial charge in [-0.2, -0.15) is 15.5 Å². The molecule has 4 rings (SSSR count). The van der Waals surface area contributed by atoms with Gasteiger partial charge in [-0.05, 0) is 43.2 Å². The second-order valence-corrected chi connectivity index (χ2v) is 7.01. The van der Waals surface area contributed by atoms with Crippen molar-refractivity contribution in [2.75, 3.05) is 12.3 Å². The van der Waals surface area contributed by atoms with Gasteiger partial charge in [-0.3, -0.25) is 9.59 Å². The number of hydrogen-bond acceptors (Lipinski definition) is 6. The van der Waals surface area contributed by atoms with Gasteiger partial charge in [-0.25, -0.2) is 14.2 Å². The highest BCUT2D eigenvalue weighted by atomic mass is 19.1. The lowest BCUT2D eigenvalue weighted by Gasteiger charge is -2.06. The van der Waals surface area contributed by atoms with Crippen LogP contribution < -0.4 is 16.6 Å². The van der Waals surface area contributed by atoms with Crippen LogP contribution in [0.4, 0.5) is 10.2 Å². The molecule has 2 heterocycles. The Hall–Kier alpha value is -4.52. The van der Waals surface area contributed by atoms with Crippen LogP contribution in [0.1, 0.15) is 28.2 Å². The highest BCUT2D eigenvalue weighted by Gasteiger charge is 2.17. The van der Waals surface area contributed by atoms with Gasteiger partial charge in [0.25, 0.3) is 11.5 Å². The first-order valence-corrected chi connectivity index (χ1v) is 9.78. The SMILES string of the molecule is N#Cc1c(CCCNC(=O)c2n[nH]c(=O)c3ccccc23)nn(-c2ccc(F)cc2)c1N. The minimum atomic E-state index is -0.422. The van der Waals surface area contributed by atoms with E-state index in [9.17, 15) is 19.2 Å². The van der Waals surface area contributed by atoms with E-state index < -0.39 is 5.91 Å². The van der Waals surface area contributed by atoms with Gasteiger partial charge < -0.3 is 11.1 Å². The summed E-state index contributed by atoms with van der Waals surface area (Å²) < 4.78 is 14.6. The zero-order chi connectivity index (χ0) is 22.7. The Morgan fingerprint density at radius 1 is 1.19 bits per heavy atom. The molecule has 32 heavy (non-hydrogen) atoms. The Morgan fingerprint density at radius 3 is 2.62 bits per heavy atom. The number of H-pyrrole nitrogens is 1. The number of nitrogens with zero attached hydrogens (tertiary/aromatic N) is 4. The fourth-order valence-electron chi connectivity index (χ4n) is 3.38. The van der Waals surface area contributed by atoms with Crippen LogP contribution in [0, 0.1) is 17.1 Å². The summed E-state index contributed by atoms with van der Waals surface area (Å²) in [6, 6.07) is 14.4. The smallest absolute Gasteiger partial charge is 0.272 e. The van der Waals surface area contributed by atoms with Crippen molar-refractivity contribution >= 4 is 22.5 Å². The predicted molar refractivity (Wildman–Crippen MR) is 116 cm³/mol. The number of rotatable bonds is 6. The standard InChI is InChI=1S/C22H18FN7O2/c23-13-7-9-14(10-8-13)30-20(25)17(12-24)18(29-30)6-3-11-26-22(32)19-15-4-1-2-5-16(15)21(31)28-27-19/h1-2,4-5,7-10H,3,6,11,25H2,(H,26,32)(H,28,31). The molecule has 0 aliphatic rings. The summed E-state index contributed by atoms with van der Waals surface area (Å²) in [4.78, 5) is 24.4. The predicted octanol–water partition coefficient (Wildman–Crippen LogP) is 2.06. The van der Waals surface area contributed by atoms with E-state index in [1.54, 1.807) is 24.3 Å². The van der Waals surface area contributed by atoms with Gasteiger partial charge in [0.15, 0.2) is 5.69 Å². The van der Waals surface area contributed by atoms with Gasteiger partial charge in [-0.15, -0.1) is 0 Å². The van der Waals surface area contributed by atoms with Crippen molar-refractivity contribution in [3.63, 3.8) is 0 Å². The molecular weight excluding hydrogens is 413 g/mol. The third kappa shape index (κ3) is 3.91. The number of aryl methyl sites for hydroxylation is 1. The number of nitrogens with one attached hydrogen (secondary N) is 2. The fraction of sp³-hybridized carbons (Fsp3) is 0.136. The Kier molecular flexibility index (Phi) is 5.63. The lowest BCUT2D eigenvalue weighted by molar-refractivity contribution is 0.0949. The third-order valence-electron chi connectivity index (χ3n) is 4.96. The molecule has 4 aromatic rings. The lowest BCUT2D eigenvalue weighted by Crippen LogP contribution is -2.27. The maximum absolute atomic E-state index is 13.2. The maximum atomic E-state index is 13.2. The van der Waals surface area contributed by atoms with Crippen molar-refractivity contribution in [2.45, 2.75) is 12.8 Å². The average molecular weight is 431 g/mol. The lowest BCUT2D eigenvalue weighted by atomic mass is 10.1. The Bertz CT molecular complexity index is 1400. The third-order valence-corrected chi connectivity index (χ3v) is 4.96. The average Bonchev–Trinajstić information content (AvgIpc) is 3.12. The van der Waals surface area contributed by atoms with Crippen LogP contribution >= 0.6 is 0 Å². The van der Waals surface area contributed by atoms with Crippen molar-refractivity contribution in [3.05, 3.63) is 81.7 Å². The van der Waals surface area contributed by atoms with Gasteiger partial charge in [-0.1, -0.05) is 18.2 Å². The first-order chi connectivity index (χ1) is 15.5. The molecule has 0 fully saturated rings. The van der Waals surface area contributed by atoms with Crippen LogP contribution in [0.3, 0.4) is 0 Å². The van der Waals surface area contributed by atoms with Gasteiger partial charge in [0.2, 0.25) is 0 Å². The van der Waals surface area contributed by atoms with Crippen LogP contribution in [0.25, 0.3) is 16.5 Å². The number of amides is 1. The van der Waals surface area contributed by atoms with E-state index in [1.165, 1.54) is 28.9 Å². The molecule has 4 N–H and O–H groups in total. The summed E-state index contributed by atoms with van der Waals surface area (Å²) in [7, 11) is 0. The second-order valence-electron chi connectivity index (χ2n) is 7.01. The molecule has 0 aliphatic heterocycles. The highest BCUT2D eigenvalue weighted by Crippen LogP contribution is 2.21. The molecule has 0 atom stereocenters. The van der Waals surface area contributed by atoms with Crippen molar-refractivity contribution in [2.24, 2.45) is 0 Å². The number of benzene rings is 2. The zero-order valence-corrected chi connectivity index (χ0v) is 16.8.